The van der Waals surface area contributed by atoms with E-state index in [4.69, 9.17) is 0 Å². The van der Waals surface area contributed by atoms with Crippen LogP contribution in [-0.2, 0) is 0 Å². The van der Waals surface area contributed by atoms with Crippen LogP contribution in [-0.4, -0.2) is 6.18 Å². The summed E-state index contributed by atoms with van der Waals surface area (Å²) in [6.45, 7) is 2.95. The molecule has 0 heterocycles. The highest BCUT2D eigenvalue weighted by Crippen LogP contribution is 2.56. The van der Waals surface area contributed by atoms with Gasteiger partial charge in [-0.3, -0.25) is 0 Å². The van der Waals surface area contributed by atoms with E-state index in [0.29, 0.717) is 0 Å². The monoisotopic (exact) mass is 166 g/mol. The van der Waals surface area contributed by atoms with E-state index < -0.39 is 11.6 Å². The van der Waals surface area contributed by atoms with E-state index >= 15 is 0 Å². The molecular weight excluding hydrogens is 153 g/mol. The van der Waals surface area contributed by atoms with Crippen LogP contribution in [0.2, 0.25) is 0 Å². The lowest BCUT2D eigenvalue weighted by Crippen LogP contribution is -2.36. The highest BCUT2D eigenvalue weighted by atomic mass is 19.4. The first-order valence-electron chi connectivity index (χ1n) is 3.98. The molecule has 0 radical (unpaired) electrons. The predicted molar refractivity (Wildman–Crippen MR) is 37.2 cm³/mol. The van der Waals surface area contributed by atoms with Crippen LogP contribution in [0.1, 0.15) is 33.1 Å². The number of rotatable bonds is 2. The summed E-state index contributed by atoms with van der Waals surface area (Å²) in [5.41, 5.74) is -1.41. The van der Waals surface area contributed by atoms with Gasteiger partial charge in [0.05, 0.1) is 5.41 Å². The number of hydrogen-bond acceptors (Lipinski definition) is 0. The minimum Gasteiger partial charge on any atom is -0.171 e. The molecule has 0 amide bonds. The molecule has 0 aromatic carbocycles. The van der Waals surface area contributed by atoms with Crippen LogP contribution >= 0.6 is 0 Å². The second kappa shape index (κ2) is 2.39. The Labute approximate surface area is 64.8 Å². The second-order valence-corrected chi connectivity index (χ2v) is 3.54. The van der Waals surface area contributed by atoms with Crippen LogP contribution in [0.3, 0.4) is 0 Å². The lowest BCUT2D eigenvalue weighted by Gasteiger charge is -2.30. The minimum atomic E-state index is -4.01. The van der Waals surface area contributed by atoms with Crippen LogP contribution in [0.5, 0.6) is 0 Å². The van der Waals surface area contributed by atoms with Gasteiger partial charge >= 0.3 is 6.18 Å². The first-order valence-corrected chi connectivity index (χ1v) is 3.98. The van der Waals surface area contributed by atoms with Gasteiger partial charge in [-0.15, -0.1) is 0 Å². The molecule has 11 heavy (non-hydrogen) atoms. The summed E-state index contributed by atoms with van der Waals surface area (Å²) in [6, 6.07) is 0. The third-order valence-electron chi connectivity index (χ3n) is 2.86. The maximum Gasteiger partial charge on any atom is 0.394 e. The molecule has 3 heteroatoms. The smallest absolute Gasteiger partial charge is 0.171 e. The van der Waals surface area contributed by atoms with E-state index in [1.807, 2.05) is 0 Å². The number of hydrogen-bond donors (Lipinski definition) is 0. The zero-order valence-corrected chi connectivity index (χ0v) is 6.83. The summed E-state index contributed by atoms with van der Waals surface area (Å²) in [6.07, 6.45) is -2.29. The van der Waals surface area contributed by atoms with Crippen LogP contribution in [0.25, 0.3) is 0 Å². The summed E-state index contributed by atoms with van der Waals surface area (Å²) in [5.74, 6) is -0.104. The Hall–Kier alpha value is -0.210. The molecule has 0 N–H and O–H groups in total. The van der Waals surface area contributed by atoms with E-state index in [2.05, 4.69) is 0 Å². The van der Waals surface area contributed by atoms with Crippen molar-refractivity contribution in [1.82, 2.24) is 0 Å². The Bertz CT molecular complexity index is 146. The molecule has 0 aliphatic heterocycles. The normalized spacial score (nSPS) is 24.8. The first-order chi connectivity index (χ1) is 4.92. The molecule has 1 aliphatic carbocycles. The third kappa shape index (κ3) is 1.37. The zero-order chi connectivity index (χ0) is 8.70. The second-order valence-electron chi connectivity index (χ2n) is 3.54. The van der Waals surface area contributed by atoms with Crippen LogP contribution in [0.4, 0.5) is 13.2 Å². The summed E-state index contributed by atoms with van der Waals surface area (Å²) in [7, 11) is 0. The highest BCUT2D eigenvalue weighted by Gasteiger charge is 2.57. The molecular formula is C8H13F3. The minimum absolute atomic E-state index is 0.104. The zero-order valence-electron chi connectivity index (χ0n) is 6.83. The maximum atomic E-state index is 12.4. The van der Waals surface area contributed by atoms with Gasteiger partial charge in [0.1, 0.15) is 0 Å². The Balaban J connectivity index is 2.73. The molecule has 0 nitrogen and oxygen atoms in total. The van der Waals surface area contributed by atoms with Gasteiger partial charge in [-0.2, -0.15) is 13.2 Å². The molecule has 1 atom stereocenters. The van der Waals surface area contributed by atoms with Crippen molar-refractivity contribution in [3.8, 4) is 0 Å². The van der Waals surface area contributed by atoms with Crippen molar-refractivity contribution in [1.29, 1.82) is 0 Å². The molecule has 1 unspecified atom stereocenters. The van der Waals surface area contributed by atoms with Gasteiger partial charge in [-0.05, 0) is 25.2 Å². The van der Waals surface area contributed by atoms with Crippen molar-refractivity contribution in [2.75, 3.05) is 0 Å². The molecule has 0 saturated heterocycles. The summed E-state index contributed by atoms with van der Waals surface area (Å²) in [4.78, 5) is 0. The lowest BCUT2D eigenvalue weighted by atomic mass is 9.81. The Morgan fingerprint density at radius 3 is 1.82 bits per heavy atom. The first kappa shape index (κ1) is 8.88. The van der Waals surface area contributed by atoms with Gasteiger partial charge in [-0.1, -0.05) is 13.8 Å². The number of halogens is 3. The van der Waals surface area contributed by atoms with Crippen molar-refractivity contribution in [3.05, 3.63) is 0 Å². The molecule has 0 aromatic rings. The fourth-order valence-corrected chi connectivity index (χ4v) is 1.44. The molecule has 66 valence electrons. The van der Waals surface area contributed by atoms with Crippen LogP contribution in [0.15, 0.2) is 0 Å². The van der Waals surface area contributed by atoms with Crippen molar-refractivity contribution < 1.29 is 13.2 Å². The summed E-state index contributed by atoms with van der Waals surface area (Å²) in [5, 5.41) is 0. The maximum absolute atomic E-state index is 12.4. The van der Waals surface area contributed by atoms with Gasteiger partial charge < -0.3 is 0 Å². The van der Waals surface area contributed by atoms with E-state index in [0.717, 1.165) is 12.8 Å². The molecule has 1 aliphatic rings. The molecule has 0 aromatic heterocycles. The van der Waals surface area contributed by atoms with E-state index in [1.54, 1.807) is 6.92 Å². The van der Waals surface area contributed by atoms with Crippen LogP contribution in [0, 0.1) is 11.3 Å². The van der Waals surface area contributed by atoms with Gasteiger partial charge in [0, 0.05) is 0 Å². The average molecular weight is 166 g/mol. The predicted octanol–water partition coefficient (Wildman–Crippen LogP) is 3.38. The average Bonchev–Trinajstić information content (AvgIpc) is 2.64. The fraction of sp³-hybridized carbons (Fsp3) is 1.00. The molecule has 0 spiro atoms. The van der Waals surface area contributed by atoms with Crippen molar-refractivity contribution in [2.24, 2.45) is 11.3 Å². The summed E-state index contributed by atoms with van der Waals surface area (Å²) < 4.78 is 37.2. The van der Waals surface area contributed by atoms with Gasteiger partial charge in [0.15, 0.2) is 0 Å². The quantitative estimate of drug-likeness (QED) is 0.590. The van der Waals surface area contributed by atoms with E-state index in [9.17, 15) is 13.2 Å². The van der Waals surface area contributed by atoms with E-state index in [-0.39, 0.29) is 12.3 Å². The highest BCUT2D eigenvalue weighted by molar-refractivity contribution is 4.94. The van der Waals surface area contributed by atoms with Crippen molar-refractivity contribution >= 4 is 0 Å². The SMILES string of the molecule is CCC(C)(C1CC1)C(F)(F)F. The molecule has 1 rings (SSSR count). The lowest BCUT2D eigenvalue weighted by molar-refractivity contribution is -0.226. The Morgan fingerprint density at radius 2 is 1.73 bits per heavy atom. The number of alkyl halides is 3. The van der Waals surface area contributed by atoms with Crippen molar-refractivity contribution in [3.63, 3.8) is 0 Å². The Kier molecular flexibility index (Phi) is 1.93. The molecule has 1 fully saturated rings. The van der Waals surface area contributed by atoms with Gasteiger partial charge in [-0.25, -0.2) is 0 Å². The standard InChI is InChI=1S/C8H13F3/c1-3-7(2,6-4-5-6)8(9,10)11/h6H,3-5H2,1-2H3. The largest absolute Gasteiger partial charge is 0.394 e. The topological polar surface area (TPSA) is 0 Å². The Morgan fingerprint density at radius 1 is 1.27 bits per heavy atom. The fourth-order valence-electron chi connectivity index (χ4n) is 1.44. The summed E-state index contributed by atoms with van der Waals surface area (Å²) >= 11 is 0. The van der Waals surface area contributed by atoms with Crippen molar-refractivity contribution in [2.45, 2.75) is 39.3 Å². The van der Waals surface area contributed by atoms with Gasteiger partial charge in [0.25, 0.3) is 0 Å². The molecule has 1 saturated carbocycles. The third-order valence-corrected chi connectivity index (χ3v) is 2.86. The van der Waals surface area contributed by atoms with E-state index in [1.165, 1.54) is 6.92 Å². The molecule has 0 bridgehead atoms. The van der Waals surface area contributed by atoms with Crippen LogP contribution < -0.4 is 0 Å². The van der Waals surface area contributed by atoms with Gasteiger partial charge in [0.2, 0.25) is 0 Å².